The molecule has 2 fully saturated rings. The number of hydrogen-bond acceptors (Lipinski definition) is 10. The van der Waals surface area contributed by atoms with Crippen LogP contribution in [-0.4, -0.2) is 125 Å². The minimum Gasteiger partial charge on any atom is -0.437 e. The lowest BCUT2D eigenvalue weighted by Crippen LogP contribution is -2.53. The number of nitrogens with one attached hydrogen (secondary N) is 1. The fourth-order valence-electron chi connectivity index (χ4n) is 9.31. The van der Waals surface area contributed by atoms with Gasteiger partial charge in [0.25, 0.3) is 0 Å². The first kappa shape index (κ1) is 45.4. The molecule has 4 aliphatic rings. The molecule has 4 heterocycles. The van der Waals surface area contributed by atoms with Crippen LogP contribution in [0.5, 0.6) is 0 Å². The SMILES string of the molecule is CCC(CN1CCN(C2c3ccc(Cl)cc3CCc3cc(Br)cnc32)CC1)NB(C)O.N[C@@H](CS)CN1CCN(C2c3ccc(Cl)cc3CCc3cc(Br)cnc32)CC1. The van der Waals surface area contributed by atoms with Crippen LogP contribution in [0.2, 0.25) is 16.9 Å². The number of fused-ring (bicyclic) bond motifs is 4. The highest BCUT2D eigenvalue weighted by Gasteiger charge is 2.34. The molecule has 2 aliphatic carbocycles. The molecule has 4 aromatic rings. The maximum absolute atomic E-state index is 9.69. The Morgan fingerprint density at radius 3 is 1.61 bits per heavy atom. The summed E-state index contributed by atoms with van der Waals surface area (Å²) in [4.78, 5) is 19.9. The standard InChI is InChI=1S/C23H31BBrClN4O.C21H26BrClN4S/c1-3-20(28-24(2)31)15-29-8-10-30(11-9-29)23-21-7-6-19(26)13-16(21)4-5-17-12-18(25)14-27-22(17)23;22-16-9-15-2-1-14-10-17(23)3-4-19(14)21(20(15)25-11-16)27-7-5-26(6-8-27)12-18(24)13-28/h6-7,12-14,20,23,28,31H,3-5,8-11,15H2,1-2H3;3-4,9-11,18,21,28H,1-2,5-8,12-13,24H2/t;18-,21?/m.1/s1. The summed E-state index contributed by atoms with van der Waals surface area (Å²) in [6.07, 6.45) is 8.81. The molecule has 4 atom stereocenters. The number of halogens is 4. The number of piperazine rings is 2. The Hall–Kier alpha value is -1.59. The van der Waals surface area contributed by atoms with E-state index in [0.29, 0.717) is 6.04 Å². The molecule has 2 saturated heterocycles. The average molecular weight is 988 g/mol. The van der Waals surface area contributed by atoms with Crippen LogP contribution in [-0.2, 0) is 25.7 Å². The molecule has 0 radical (unpaired) electrons. The summed E-state index contributed by atoms with van der Waals surface area (Å²) in [6, 6.07) is 17.9. The summed E-state index contributed by atoms with van der Waals surface area (Å²) in [5.74, 6) is 0.725. The monoisotopic (exact) mass is 984 g/mol. The van der Waals surface area contributed by atoms with E-state index in [1.807, 2.05) is 24.5 Å². The Morgan fingerprint density at radius 1 is 0.746 bits per heavy atom. The highest BCUT2D eigenvalue weighted by molar-refractivity contribution is 9.10. The molecule has 316 valence electrons. The van der Waals surface area contributed by atoms with E-state index >= 15 is 0 Å². The van der Waals surface area contributed by atoms with Crippen LogP contribution < -0.4 is 11.0 Å². The van der Waals surface area contributed by atoms with Crippen LogP contribution in [0.3, 0.4) is 0 Å². The van der Waals surface area contributed by atoms with Crippen molar-refractivity contribution in [2.45, 2.75) is 70.0 Å². The zero-order chi connectivity index (χ0) is 41.6. The van der Waals surface area contributed by atoms with E-state index in [4.69, 9.17) is 38.9 Å². The molecule has 0 amide bonds. The minimum absolute atomic E-state index is 0.135. The van der Waals surface area contributed by atoms with Gasteiger partial charge in [0.15, 0.2) is 0 Å². The number of thiol groups is 1. The van der Waals surface area contributed by atoms with Crippen molar-refractivity contribution in [2.24, 2.45) is 5.73 Å². The predicted molar refractivity (Wildman–Crippen MR) is 254 cm³/mol. The highest BCUT2D eigenvalue weighted by Crippen LogP contribution is 2.39. The topological polar surface area (TPSA) is 97.0 Å². The molecule has 15 heteroatoms. The number of aromatic nitrogens is 2. The normalized spacial score (nSPS) is 21.1. The van der Waals surface area contributed by atoms with Gasteiger partial charge in [0.2, 0.25) is 0 Å². The van der Waals surface area contributed by atoms with Crippen molar-refractivity contribution in [3.8, 4) is 0 Å². The molecular weight excluding hydrogens is 930 g/mol. The molecule has 2 aliphatic heterocycles. The maximum atomic E-state index is 9.69. The quantitative estimate of drug-likeness (QED) is 0.0963. The third-order valence-corrected chi connectivity index (χ3v) is 14.1. The van der Waals surface area contributed by atoms with Gasteiger partial charge in [-0.3, -0.25) is 29.6 Å². The van der Waals surface area contributed by atoms with Crippen molar-refractivity contribution in [3.63, 3.8) is 0 Å². The van der Waals surface area contributed by atoms with Crippen molar-refractivity contribution in [1.29, 1.82) is 0 Å². The van der Waals surface area contributed by atoms with Gasteiger partial charge in [-0.25, -0.2) is 0 Å². The summed E-state index contributed by atoms with van der Waals surface area (Å²) in [6.45, 7) is 13.9. The molecule has 3 unspecified atom stereocenters. The maximum Gasteiger partial charge on any atom is 0.373 e. The average Bonchev–Trinajstić information content (AvgIpc) is 3.48. The van der Waals surface area contributed by atoms with Crippen LogP contribution in [0, 0.1) is 0 Å². The molecule has 8 rings (SSSR count). The Morgan fingerprint density at radius 2 is 1.19 bits per heavy atom. The lowest BCUT2D eigenvalue weighted by atomic mass is 9.86. The molecule has 0 saturated carbocycles. The summed E-state index contributed by atoms with van der Waals surface area (Å²) >= 11 is 24.2. The zero-order valence-corrected chi connectivity index (χ0v) is 39.7. The van der Waals surface area contributed by atoms with Crippen LogP contribution >= 0.6 is 67.7 Å². The fourth-order valence-corrected chi connectivity index (χ4v) is 10.6. The van der Waals surface area contributed by atoms with Gasteiger partial charge in [-0.15, -0.1) is 0 Å². The number of nitrogens with two attached hydrogens (primary N) is 1. The third kappa shape index (κ3) is 11.5. The van der Waals surface area contributed by atoms with E-state index in [-0.39, 0.29) is 18.1 Å². The summed E-state index contributed by atoms with van der Waals surface area (Å²) < 4.78 is 2.08. The number of nitrogens with zero attached hydrogens (tertiary/aromatic N) is 6. The molecular formula is C44H57BBr2Cl2N8OS. The van der Waals surface area contributed by atoms with Crippen LogP contribution in [0.1, 0.15) is 70.2 Å². The molecule has 9 nitrogen and oxygen atoms in total. The number of aryl methyl sites for hydroxylation is 4. The Balaban J connectivity index is 0.000000180. The summed E-state index contributed by atoms with van der Waals surface area (Å²) in [7, 11) is -0.470. The first-order valence-electron chi connectivity index (χ1n) is 21.1. The third-order valence-electron chi connectivity index (χ3n) is 12.3. The zero-order valence-electron chi connectivity index (χ0n) is 34.1. The number of benzene rings is 2. The van der Waals surface area contributed by atoms with Crippen molar-refractivity contribution in [1.82, 2.24) is 34.8 Å². The van der Waals surface area contributed by atoms with Crippen molar-refractivity contribution < 1.29 is 5.02 Å². The van der Waals surface area contributed by atoms with Crippen molar-refractivity contribution in [3.05, 3.63) is 125 Å². The van der Waals surface area contributed by atoms with Crippen LogP contribution in [0.25, 0.3) is 0 Å². The second kappa shape index (κ2) is 21.2. The van der Waals surface area contributed by atoms with E-state index < -0.39 is 7.05 Å². The lowest BCUT2D eigenvalue weighted by molar-refractivity contribution is 0.101. The van der Waals surface area contributed by atoms with E-state index in [9.17, 15) is 5.02 Å². The van der Waals surface area contributed by atoms with E-state index in [1.54, 1.807) is 6.82 Å². The predicted octanol–water partition coefficient (Wildman–Crippen LogP) is 7.34. The van der Waals surface area contributed by atoms with E-state index in [2.05, 4.69) is 113 Å². The van der Waals surface area contributed by atoms with Crippen LogP contribution in [0.15, 0.2) is 69.9 Å². The highest BCUT2D eigenvalue weighted by atomic mass is 79.9. The number of rotatable bonds is 10. The van der Waals surface area contributed by atoms with Crippen molar-refractivity contribution in [2.75, 3.05) is 71.2 Å². The Bertz CT molecular complexity index is 1930. The van der Waals surface area contributed by atoms with E-state index in [0.717, 1.165) is 122 Å². The second-order valence-corrected chi connectivity index (χ2v) is 19.5. The van der Waals surface area contributed by atoms with Gasteiger partial charge in [0.1, 0.15) is 0 Å². The first-order chi connectivity index (χ1) is 28.5. The van der Waals surface area contributed by atoms with Gasteiger partial charge >= 0.3 is 7.05 Å². The van der Waals surface area contributed by atoms with Gasteiger partial charge in [-0.1, -0.05) is 42.3 Å². The number of pyridine rings is 2. The summed E-state index contributed by atoms with van der Waals surface area (Å²) in [5, 5.41) is 14.6. The first-order valence-corrected chi connectivity index (χ1v) is 24.1. The second-order valence-electron chi connectivity index (χ2n) is 16.5. The molecule has 59 heavy (non-hydrogen) atoms. The van der Waals surface area contributed by atoms with Crippen LogP contribution in [0.4, 0.5) is 0 Å². The fraction of sp³-hybridized carbons (Fsp3) is 0.500. The smallest absolute Gasteiger partial charge is 0.373 e. The summed E-state index contributed by atoms with van der Waals surface area (Å²) in [5.41, 5.74) is 16.5. The van der Waals surface area contributed by atoms with Gasteiger partial charge in [0.05, 0.1) is 23.5 Å². The van der Waals surface area contributed by atoms with Gasteiger partial charge in [-0.2, -0.15) is 12.6 Å². The molecule has 2 aromatic carbocycles. The number of hydrogen-bond donors (Lipinski definition) is 4. The molecule has 0 bridgehead atoms. The van der Waals surface area contributed by atoms with Gasteiger partial charge in [0, 0.05) is 115 Å². The Kier molecular flexibility index (Phi) is 16.3. The van der Waals surface area contributed by atoms with E-state index in [1.165, 1.54) is 44.8 Å². The largest absolute Gasteiger partial charge is 0.437 e. The molecule has 0 spiro atoms. The Labute approximate surface area is 383 Å². The molecule has 2 aromatic heterocycles. The molecule has 4 N–H and O–H groups in total. The van der Waals surface area contributed by atoms with Gasteiger partial charge in [-0.05, 0) is 141 Å². The minimum atomic E-state index is -0.470. The van der Waals surface area contributed by atoms with Crippen molar-refractivity contribution >= 4 is 74.7 Å². The lowest BCUT2D eigenvalue weighted by Gasteiger charge is -2.41. The van der Waals surface area contributed by atoms with Gasteiger partial charge < -0.3 is 16.0 Å².